The van der Waals surface area contributed by atoms with Crippen molar-refractivity contribution in [1.82, 2.24) is 9.88 Å². The highest BCUT2D eigenvalue weighted by molar-refractivity contribution is 5.92. The zero-order valence-corrected chi connectivity index (χ0v) is 11.5. The van der Waals surface area contributed by atoms with Gasteiger partial charge in [0.25, 0.3) is 0 Å². The average Bonchev–Trinajstić information content (AvgIpc) is 2.46. The Balaban J connectivity index is 1.93. The van der Waals surface area contributed by atoms with Crippen LogP contribution in [0.15, 0.2) is 30.6 Å². The van der Waals surface area contributed by atoms with Crippen LogP contribution in [-0.4, -0.2) is 40.0 Å². The summed E-state index contributed by atoms with van der Waals surface area (Å²) in [6.45, 7) is 2.71. The first kappa shape index (κ1) is 14.2. The van der Waals surface area contributed by atoms with Crippen molar-refractivity contribution in [1.29, 1.82) is 0 Å². The van der Waals surface area contributed by atoms with Crippen LogP contribution in [0.4, 0.5) is 0 Å². The summed E-state index contributed by atoms with van der Waals surface area (Å²) >= 11 is 0. The van der Waals surface area contributed by atoms with Crippen LogP contribution >= 0.6 is 0 Å². The average molecular weight is 274 g/mol. The molecule has 1 aliphatic rings. The number of hydrogen-bond acceptors (Lipinski definition) is 3. The second kappa shape index (κ2) is 5.86. The number of likely N-dealkylation sites (tertiary alicyclic amines) is 1. The van der Waals surface area contributed by atoms with Gasteiger partial charge in [0.15, 0.2) is 0 Å². The van der Waals surface area contributed by atoms with E-state index >= 15 is 0 Å². The van der Waals surface area contributed by atoms with Gasteiger partial charge in [-0.2, -0.15) is 0 Å². The van der Waals surface area contributed by atoms with Crippen LogP contribution in [0.5, 0.6) is 0 Å². The van der Waals surface area contributed by atoms with E-state index in [0.717, 1.165) is 5.56 Å². The fourth-order valence-electron chi connectivity index (χ4n) is 2.18. The minimum atomic E-state index is -0.782. The van der Waals surface area contributed by atoms with Crippen molar-refractivity contribution >= 4 is 18.0 Å². The Kier molecular flexibility index (Phi) is 4.17. The van der Waals surface area contributed by atoms with E-state index < -0.39 is 11.4 Å². The zero-order valence-electron chi connectivity index (χ0n) is 11.5. The lowest BCUT2D eigenvalue weighted by Gasteiger charge is -2.35. The Morgan fingerprint density at radius 1 is 1.40 bits per heavy atom. The summed E-state index contributed by atoms with van der Waals surface area (Å²) in [6.07, 6.45) is 7.59. The highest BCUT2D eigenvalue weighted by Crippen LogP contribution is 2.31. The van der Waals surface area contributed by atoms with Crippen LogP contribution in [0.3, 0.4) is 0 Å². The molecule has 1 aromatic rings. The molecule has 2 rings (SSSR count). The van der Waals surface area contributed by atoms with Crippen LogP contribution in [0.1, 0.15) is 25.3 Å². The predicted octanol–water partition coefficient (Wildman–Crippen LogP) is 1.81. The maximum absolute atomic E-state index is 12.0. The SMILES string of the molecule is CC1(C(=O)O)CCN(C(=O)C=Cc2cccnc2)CC1. The van der Waals surface area contributed by atoms with Gasteiger partial charge in [-0.05, 0) is 37.5 Å². The number of rotatable bonds is 3. The summed E-state index contributed by atoms with van der Waals surface area (Å²) in [6, 6.07) is 3.68. The van der Waals surface area contributed by atoms with Crippen molar-refractivity contribution in [3.05, 3.63) is 36.2 Å². The highest BCUT2D eigenvalue weighted by atomic mass is 16.4. The van der Waals surface area contributed by atoms with Gasteiger partial charge in [0.2, 0.25) is 5.91 Å². The third-order valence-corrected chi connectivity index (χ3v) is 3.80. The third kappa shape index (κ3) is 3.23. The van der Waals surface area contributed by atoms with Crippen LogP contribution in [-0.2, 0) is 9.59 Å². The monoisotopic (exact) mass is 274 g/mol. The Hall–Kier alpha value is -2.17. The second-order valence-electron chi connectivity index (χ2n) is 5.31. The van der Waals surface area contributed by atoms with E-state index in [4.69, 9.17) is 5.11 Å². The molecule has 1 amide bonds. The van der Waals surface area contributed by atoms with E-state index in [1.807, 2.05) is 12.1 Å². The van der Waals surface area contributed by atoms with Gasteiger partial charge in [-0.3, -0.25) is 14.6 Å². The fourth-order valence-corrected chi connectivity index (χ4v) is 2.18. The molecule has 0 radical (unpaired) electrons. The molecule has 5 nitrogen and oxygen atoms in total. The van der Waals surface area contributed by atoms with E-state index in [1.165, 1.54) is 6.08 Å². The molecule has 5 heteroatoms. The highest BCUT2D eigenvalue weighted by Gasteiger charge is 2.37. The predicted molar refractivity (Wildman–Crippen MR) is 74.8 cm³/mol. The second-order valence-corrected chi connectivity index (χ2v) is 5.31. The maximum atomic E-state index is 12.0. The van der Waals surface area contributed by atoms with Crippen molar-refractivity contribution in [2.75, 3.05) is 13.1 Å². The number of pyridine rings is 1. The number of amides is 1. The van der Waals surface area contributed by atoms with Crippen LogP contribution < -0.4 is 0 Å². The summed E-state index contributed by atoms with van der Waals surface area (Å²) in [5, 5.41) is 9.15. The van der Waals surface area contributed by atoms with Gasteiger partial charge in [0.1, 0.15) is 0 Å². The van der Waals surface area contributed by atoms with Crippen molar-refractivity contribution in [3.63, 3.8) is 0 Å². The van der Waals surface area contributed by atoms with Crippen molar-refractivity contribution in [3.8, 4) is 0 Å². The standard InChI is InChI=1S/C15H18N2O3/c1-15(14(19)20)6-9-17(10-7-15)13(18)5-4-12-3-2-8-16-11-12/h2-5,8,11H,6-7,9-10H2,1H3,(H,19,20). The quantitative estimate of drug-likeness (QED) is 0.853. The number of aliphatic carboxylic acids is 1. The largest absolute Gasteiger partial charge is 0.481 e. The molecular formula is C15H18N2O3. The molecule has 20 heavy (non-hydrogen) atoms. The van der Waals surface area contributed by atoms with Crippen LogP contribution in [0.2, 0.25) is 0 Å². The zero-order chi connectivity index (χ0) is 14.6. The van der Waals surface area contributed by atoms with Gasteiger partial charge < -0.3 is 10.0 Å². The molecule has 2 heterocycles. The smallest absolute Gasteiger partial charge is 0.309 e. The van der Waals surface area contributed by atoms with E-state index in [1.54, 1.807) is 30.3 Å². The van der Waals surface area contributed by atoms with Crippen molar-refractivity contribution in [2.45, 2.75) is 19.8 Å². The first-order chi connectivity index (χ1) is 9.51. The molecule has 0 spiro atoms. The number of aromatic nitrogens is 1. The third-order valence-electron chi connectivity index (χ3n) is 3.80. The van der Waals surface area contributed by atoms with Gasteiger partial charge in [-0.15, -0.1) is 0 Å². The fraction of sp³-hybridized carbons (Fsp3) is 0.400. The van der Waals surface area contributed by atoms with Gasteiger partial charge >= 0.3 is 5.97 Å². The molecule has 1 aromatic heterocycles. The molecule has 0 saturated carbocycles. The van der Waals surface area contributed by atoms with Crippen molar-refractivity contribution in [2.24, 2.45) is 5.41 Å². The molecule has 1 fully saturated rings. The van der Waals surface area contributed by atoms with Crippen molar-refractivity contribution < 1.29 is 14.7 Å². The Morgan fingerprint density at radius 2 is 2.10 bits per heavy atom. The van der Waals surface area contributed by atoms with E-state index in [2.05, 4.69) is 4.98 Å². The Morgan fingerprint density at radius 3 is 2.65 bits per heavy atom. The molecule has 1 saturated heterocycles. The number of hydrogen-bond donors (Lipinski definition) is 1. The molecular weight excluding hydrogens is 256 g/mol. The first-order valence-corrected chi connectivity index (χ1v) is 6.62. The number of carboxylic acids is 1. The normalized spacial score (nSPS) is 18.1. The van der Waals surface area contributed by atoms with Crippen LogP contribution in [0.25, 0.3) is 6.08 Å². The minimum Gasteiger partial charge on any atom is -0.481 e. The number of nitrogens with zero attached hydrogens (tertiary/aromatic N) is 2. The molecule has 0 unspecified atom stereocenters. The molecule has 0 bridgehead atoms. The number of carbonyl (C=O) groups excluding carboxylic acids is 1. The summed E-state index contributed by atoms with van der Waals surface area (Å²) in [7, 11) is 0. The van der Waals surface area contributed by atoms with E-state index in [9.17, 15) is 9.59 Å². The lowest BCUT2D eigenvalue weighted by molar-refractivity contribution is -0.152. The number of piperidine rings is 1. The van der Waals surface area contributed by atoms with Gasteiger partial charge in [0, 0.05) is 31.6 Å². The van der Waals surface area contributed by atoms with Crippen LogP contribution in [0, 0.1) is 5.41 Å². The summed E-state index contributed by atoms with van der Waals surface area (Å²) < 4.78 is 0. The topological polar surface area (TPSA) is 70.5 Å². The number of carbonyl (C=O) groups is 2. The minimum absolute atomic E-state index is 0.0821. The summed E-state index contributed by atoms with van der Waals surface area (Å²) in [5.74, 6) is -0.864. The molecule has 0 aliphatic carbocycles. The number of carboxylic acid groups (broad SMARTS) is 1. The molecule has 1 aliphatic heterocycles. The first-order valence-electron chi connectivity index (χ1n) is 6.62. The summed E-state index contributed by atoms with van der Waals surface area (Å²) in [5.41, 5.74) is 0.164. The molecule has 0 aromatic carbocycles. The van der Waals surface area contributed by atoms with Gasteiger partial charge in [-0.1, -0.05) is 6.07 Å². The lowest BCUT2D eigenvalue weighted by Crippen LogP contribution is -2.44. The maximum Gasteiger partial charge on any atom is 0.309 e. The molecule has 0 atom stereocenters. The Bertz CT molecular complexity index is 517. The Labute approximate surface area is 117 Å². The van der Waals surface area contributed by atoms with E-state index in [-0.39, 0.29) is 5.91 Å². The molecule has 106 valence electrons. The summed E-state index contributed by atoms with van der Waals surface area (Å²) in [4.78, 5) is 28.8. The van der Waals surface area contributed by atoms with E-state index in [0.29, 0.717) is 25.9 Å². The van der Waals surface area contributed by atoms with Gasteiger partial charge in [-0.25, -0.2) is 0 Å². The lowest BCUT2D eigenvalue weighted by atomic mass is 9.80. The molecule has 1 N–H and O–H groups in total. The van der Waals surface area contributed by atoms with Gasteiger partial charge in [0.05, 0.1) is 5.41 Å².